The van der Waals surface area contributed by atoms with E-state index in [1.165, 1.54) is 24.1 Å². The van der Waals surface area contributed by atoms with Crippen molar-refractivity contribution >= 4 is 18.1 Å². The number of nitrogens with zero attached hydrogens (tertiary/aromatic N) is 4. The number of pyridine rings is 1. The molecular formula is C31H34N4O6. The van der Waals surface area contributed by atoms with Gasteiger partial charge in [-0.1, -0.05) is 43.3 Å². The molecule has 1 atom stereocenters. The first-order valence-corrected chi connectivity index (χ1v) is 13.8. The van der Waals surface area contributed by atoms with Gasteiger partial charge in [-0.05, 0) is 54.7 Å². The van der Waals surface area contributed by atoms with E-state index < -0.39 is 12.1 Å². The largest absolute Gasteiger partial charge is 0.478 e. The molecule has 3 aromatic rings. The SMILES string of the molecule is CCc1nc(Oc2ccc(C(=O)O)cc2)ccc1CN1CCC(N2C(=O)N(C(=O)OC)C[C@H]2c2ccccc2)CC1. The molecule has 2 saturated heterocycles. The molecule has 2 fully saturated rings. The Kier molecular flexibility index (Phi) is 8.49. The fourth-order valence-electron chi connectivity index (χ4n) is 5.63. The summed E-state index contributed by atoms with van der Waals surface area (Å²) >= 11 is 0. The van der Waals surface area contributed by atoms with E-state index in [0.29, 0.717) is 11.6 Å². The highest BCUT2D eigenvalue weighted by Gasteiger charge is 2.45. The minimum Gasteiger partial charge on any atom is -0.478 e. The number of carbonyl (C=O) groups is 3. The van der Waals surface area contributed by atoms with Crippen LogP contribution in [-0.2, 0) is 17.7 Å². The van der Waals surface area contributed by atoms with Crippen LogP contribution in [0.25, 0.3) is 0 Å². The molecule has 3 heterocycles. The Hall–Kier alpha value is -4.44. The molecular weight excluding hydrogens is 524 g/mol. The molecule has 2 aliphatic heterocycles. The molecule has 0 saturated carbocycles. The van der Waals surface area contributed by atoms with Crippen LogP contribution in [0.4, 0.5) is 9.59 Å². The second kappa shape index (κ2) is 12.4. The van der Waals surface area contributed by atoms with E-state index >= 15 is 0 Å². The van der Waals surface area contributed by atoms with Crippen LogP contribution in [0.15, 0.2) is 66.7 Å². The number of aryl methyl sites for hydroxylation is 1. The molecule has 10 nitrogen and oxygen atoms in total. The number of imide groups is 1. The lowest BCUT2D eigenvalue weighted by Crippen LogP contribution is -2.47. The number of aromatic nitrogens is 1. The van der Waals surface area contributed by atoms with Crippen LogP contribution < -0.4 is 4.74 Å². The second-order valence-corrected chi connectivity index (χ2v) is 10.2. The zero-order chi connectivity index (χ0) is 28.9. The topological polar surface area (TPSA) is 113 Å². The highest BCUT2D eigenvalue weighted by atomic mass is 16.5. The Morgan fingerprint density at radius 1 is 1.00 bits per heavy atom. The summed E-state index contributed by atoms with van der Waals surface area (Å²) in [5.41, 5.74) is 3.27. The van der Waals surface area contributed by atoms with Crippen molar-refractivity contribution in [2.45, 2.75) is 44.8 Å². The first kappa shape index (κ1) is 28.1. The number of benzene rings is 2. The van der Waals surface area contributed by atoms with Gasteiger partial charge in [-0.15, -0.1) is 0 Å². The molecule has 214 valence electrons. The molecule has 41 heavy (non-hydrogen) atoms. The fraction of sp³-hybridized carbons (Fsp3) is 0.355. The average molecular weight is 559 g/mol. The first-order chi connectivity index (χ1) is 19.9. The number of piperidine rings is 1. The molecule has 2 aliphatic rings. The molecule has 0 bridgehead atoms. The van der Waals surface area contributed by atoms with E-state index in [0.717, 1.165) is 55.7 Å². The summed E-state index contributed by atoms with van der Waals surface area (Å²) in [4.78, 5) is 46.9. The van der Waals surface area contributed by atoms with Crippen LogP contribution in [0.2, 0.25) is 0 Å². The predicted molar refractivity (Wildman–Crippen MR) is 151 cm³/mol. The summed E-state index contributed by atoms with van der Waals surface area (Å²) in [7, 11) is 1.30. The third-order valence-corrected chi connectivity index (χ3v) is 7.77. The van der Waals surface area contributed by atoms with Crippen molar-refractivity contribution in [3.8, 4) is 11.6 Å². The highest BCUT2D eigenvalue weighted by Crippen LogP contribution is 2.35. The normalized spacial score (nSPS) is 18.0. The van der Waals surface area contributed by atoms with E-state index in [4.69, 9.17) is 19.6 Å². The quantitative estimate of drug-likeness (QED) is 0.394. The van der Waals surface area contributed by atoms with Crippen molar-refractivity contribution in [3.63, 3.8) is 0 Å². The zero-order valence-corrected chi connectivity index (χ0v) is 23.2. The minimum absolute atomic E-state index is 0.0191. The van der Waals surface area contributed by atoms with Gasteiger partial charge in [-0.25, -0.2) is 24.3 Å². The fourth-order valence-corrected chi connectivity index (χ4v) is 5.63. The lowest BCUT2D eigenvalue weighted by atomic mass is 9.98. The number of carboxylic acid groups (broad SMARTS) is 1. The van der Waals surface area contributed by atoms with Crippen molar-refractivity contribution < 1.29 is 29.0 Å². The molecule has 0 aliphatic carbocycles. The maximum atomic E-state index is 13.3. The van der Waals surface area contributed by atoms with E-state index in [1.807, 2.05) is 47.4 Å². The minimum atomic E-state index is -0.984. The number of rotatable bonds is 8. The van der Waals surface area contributed by atoms with E-state index in [2.05, 4.69) is 11.8 Å². The van der Waals surface area contributed by atoms with Gasteiger partial charge < -0.3 is 19.5 Å². The van der Waals surface area contributed by atoms with Gasteiger partial charge in [0, 0.05) is 37.4 Å². The number of amides is 3. The summed E-state index contributed by atoms with van der Waals surface area (Å²) < 4.78 is 10.7. The van der Waals surface area contributed by atoms with Crippen molar-refractivity contribution in [1.29, 1.82) is 0 Å². The van der Waals surface area contributed by atoms with Gasteiger partial charge in [0.25, 0.3) is 0 Å². The molecule has 0 unspecified atom stereocenters. The molecule has 5 rings (SSSR count). The first-order valence-electron chi connectivity index (χ1n) is 13.8. The Balaban J connectivity index is 1.23. The maximum Gasteiger partial charge on any atom is 0.417 e. The van der Waals surface area contributed by atoms with Crippen LogP contribution in [0, 0.1) is 0 Å². The number of ether oxygens (including phenoxy) is 2. The monoisotopic (exact) mass is 558 g/mol. The molecule has 3 amide bonds. The van der Waals surface area contributed by atoms with Gasteiger partial charge in [-0.2, -0.15) is 0 Å². The number of hydrogen-bond donors (Lipinski definition) is 1. The van der Waals surface area contributed by atoms with Gasteiger partial charge >= 0.3 is 18.1 Å². The van der Waals surface area contributed by atoms with Crippen molar-refractivity contribution in [2.24, 2.45) is 0 Å². The van der Waals surface area contributed by atoms with Gasteiger partial charge in [0.05, 0.1) is 25.3 Å². The third-order valence-electron chi connectivity index (χ3n) is 7.77. The van der Waals surface area contributed by atoms with Crippen LogP contribution in [0.3, 0.4) is 0 Å². The Bertz CT molecular complexity index is 1390. The van der Waals surface area contributed by atoms with Gasteiger partial charge in [0.1, 0.15) is 5.75 Å². The predicted octanol–water partition coefficient (Wildman–Crippen LogP) is 5.34. The van der Waals surface area contributed by atoms with Crippen LogP contribution >= 0.6 is 0 Å². The summed E-state index contributed by atoms with van der Waals surface area (Å²) in [6.45, 7) is 4.69. The van der Waals surface area contributed by atoms with Crippen LogP contribution in [-0.4, -0.2) is 75.7 Å². The summed E-state index contributed by atoms with van der Waals surface area (Å²) in [6.07, 6.45) is 1.71. The van der Waals surface area contributed by atoms with E-state index in [1.54, 1.807) is 12.1 Å². The Morgan fingerprint density at radius 3 is 2.34 bits per heavy atom. The van der Waals surface area contributed by atoms with Crippen LogP contribution in [0.1, 0.15) is 53.0 Å². The second-order valence-electron chi connectivity index (χ2n) is 10.2. The number of urea groups is 1. The summed E-state index contributed by atoms with van der Waals surface area (Å²) in [5, 5.41) is 9.09. The van der Waals surface area contributed by atoms with Crippen LogP contribution in [0.5, 0.6) is 11.6 Å². The summed E-state index contributed by atoms with van der Waals surface area (Å²) in [5.74, 6) is -0.0000103. The van der Waals surface area contributed by atoms with E-state index in [-0.39, 0.29) is 30.2 Å². The average Bonchev–Trinajstić information content (AvgIpc) is 3.35. The Labute approximate surface area is 239 Å². The van der Waals surface area contributed by atoms with Gasteiger partial charge in [0.2, 0.25) is 5.88 Å². The van der Waals surface area contributed by atoms with Gasteiger partial charge in [0.15, 0.2) is 0 Å². The number of likely N-dealkylation sites (tertiary alicyclic amines) is 1. The summed E-state index contributed by atoms with van der Waals surface area (Å²) in [6, 6.07) is 19.5. The maximum absolute atomic E-state index is 13.3. The number of methoxy groups -OCH3 is 1. The molecule has 1 N–H and O–H groups in total. The lowest BCUT2D eigenvalue weighted by molar-refractivity contribution is 0.0696. The lowest BCUT2D eigenvalue weighted by Gasteiger charge is -2.39. The Morgan fingerprint density at radius 2 is 1.71 bits per heavy atom. The molecule has 10 heteroatoms. The zero-order valence-electron chi connectivity index (χ0n) is 23.2. The molecule has 1 aromatic heterocycles. The molecule has 0 radical (unpaired) electrons. The van der Waals surface area contributed by atoms with E-state index in [9.17, 15) is 14.4 Å². The molecule has 2 aromatic carbocycles. The van der Waals surface area contributed by atoms with Gasteiger partial charge in [-0.3, -0.25) is 4.90 Å². The van der Waals surface area contributed by atoms with Crippen molar-refractivity contribution in [2.75, 3.05) is 26.7 Å². The number of aromatic carboxylic acids is 1. The molecule has 0 spiro atoms. The standard InChI is InChI=1S/C31H34N4O6/c1-3-26-23(11-14-28(32-26)41-25-12-9-22(10-13-25)29(36)37)19-33-17-15-24(16-18-33)35-27(21-7-5-4-6-8-21)20-34(30(35)38)31(39)40-2/h4-14,24,27H,3,15-20H2,1-2H3,(H,36,37)/t27-/m0/s1. The number of carboxylic acids is 1. The number of carbonyl (C=O) groups excluding carboxylic acids is 2. The third kappa shape index (κ3) is 6.17. The smallest absolute Gasteiger partial charge is 0.417 e. The van der Waals surface area contributed by atoms with Crippen molar-refractivity contribution in [1.82, 2.24) is 19.7 Å². The number of hydrogen-bond acceptors (Lipinski definition) is 7. The van der Waals surface area contributed by atoms with Crippen molar-refractivity contribution in [3.05, 3.63) is 89.1 Å². The highest BCUT2D eigenvalue weighted by molar-refractivity contribution is 5.93.